The number of carbonyl (C=O) groups excluding carboxylic acids is 1. The van der Waals surface area contributed by atoms with Gasteiger partial charge in [0, 0.05) is 12.1 Å². The minimum atomic E-state index is 0.0769. The van der Waals surface area contributed by atoms with Gasteiger partial charge in [-0.1, -0.05) is 23.8 Å². The number of rotatable bonds is 4. The van der Waals surface area contributed by atoms with Gasteiger partial charge in [0.05, 0.1) is 20.3 Å². The van der Waals surface area contributed by atoms with E-state index in [0.29, 0.717) is 11.5 Å². The molecule has 1 aliphatic heterocycles. The van der Waals surface area contributed by atoms with E-state index in [1.165, 1.54) is 5.56 Å². The molecule has 0 aromatic heterocycles. The molecule has 4 heteroatoms. The fraction of sp³-hybridized carbons (Fsp3) is 0.381. The van der Waals surface area contributed by atoms with Gasteiger partial charge in [0.2, 0.25) is 0 Å². The normalized spacial score (nSPS) is 16.8. The van der Waals surface area contributed by atoms with Gasteiger partial charge in [0.1, 0.15) is 0 Å². The number of nitrogens with zero attached hydrogens (tertiary/aromatic N) is 1. The molecule has 1 heterocycles. The summed E-state index contributed by atoms with van der Waals surface area (Å²) in [5.74, 6) is 1.51. The Bertz CT molecular complexity index is 785. The lowest BCUT2D eigenvalue weighted by Gasteiger charge is -2.26. The molecule has 2 aromatic carbocycles. The second kappa shape index (κ2) is 7.18. The molecule has 1 fully saturated rings. The average Bonchev–Trinajstić information content (AvgIpc) is 3.10. The second-order valence-electron chi connectivity index (χ2n) is 6.59. The summed E-state index contributed by atoms with van der Waals surface area (Å²) < 4.78 is 10.7. The third-order valence-corrected chi connectivity index (χ3v) is 4.92. The van der Waals surface area contributed by atoms with E-state index in [1.807, 2.05) is 49.1 Å². The Balaban J connectivity index is 1.91. The molecule has 0 saturated carbocycles. The van der Waals surface area contributed by atoms with Crippen LogP contribution in [0.2, 0.25) is 0 Å². The van der Waals surface area contributed by atoms with E-state index in [2.05, 4.69) is 6.07 Å². The van der Waals surface area contributed by atoms with Gasteiger partial charge in [0.25, 0.3) is 5.91 Å². The Morgan fingerprint density at radius 2 is 1.80 bits per heavy atom. The SMILES string of the molecule is COc1ccc(C2CCCN2C(=O)c2ccc(C)cc2C)cc1OC. The number of amides is 1. The molecule has 1 amide bonds. The lowest BCUT2D eigenvalue weighted by Crippen LogP contribution is -2.31. The molecule has 4 nitrogen and oxygen atoms in total. The van der Waals surface area contributed by atoms with Crippen LogP contribution >= 0.6 is 0 Å². The van der Waals surface area contributed by atoms with Crippen LogP contribution in [0, 0.1) is 13.8 Å². The summed E-state index contributed by atoms with van der Waals surface area (Å²) in [6.07, 6.45) is 1.97. The highest BCUT2D eigenvalue weighted by Crippen LogP contribution is 2.37. The first-order valence-corrected chi connectivity index (χ1v) is 8.65. The van der Waals surface area contributed by atoms with Crippen LogP contribution in [0.25, 0.3) is 0 Å². The summed E-state index contributed by atoms with van der Waals surface area (Å²) in [5.41, 5.74) is 4.08. The molecule has 0 N–H and O–H groups in total. The van der Waals surface area contributed by atoms with Gasteiger partial charge in [-0.15, -0.1) is 0 Å². The Labute approximate surface area is 149 Å². The first kappa shape index (κ1) is 17.3. The first-order chi connectivity index (χ1) is 12.0. The molecule has 25 heavy (non-hydrogen) atoms. The van der Waals surface area contributed by atoms with Gasteiger partial charge < -0.3 is 14.4 Å². The van der Waals surface area contributed by atoms with Crippen molar-refractivity contribution in [2.24, 2.45) is 0 Å². The van der Waals surface area contributed by atoms with Gasteiger partial charge in [-0.25, -0.2) is 0 Å². The quantitative estimate of drug-likeness (QED) is 0.834. The summed E-state index contributed by atoms with van der Waals surface area (Å²) in [5, 5.41) is 0. The summed E-state index contributed by atoms with van der Waals surface area (Å²) in [6, 6.07) is 12.0. The molecule has 0 aliphatic carbocycles. The smallest absolute Gasteiger partial charge is 0.254 e. The van der Waals surface area contributed by atoms with Gasteiger partial charge in [-0.3, -0.25) is 4.79 Å². The largest absolute Gasteiger partial charge is 0.493 e. The number of ether oxygens (including phenoxy) is 2. The molecule has 1 unspecified atom stereocenters. The summed E-state index contributed by atoms with van der Waals surface area (Å²) in [7, 11) is 3.26. The maximum absolute atomic E-state index is 13.1. The molecule has 132 valence electrons. The topological polar surface area (TPSA) is 38.8 Å². The molecule has 1 aliphatic rings. The molecular formula is C21H25NO3. The number of likely N-dealkylation sites (tertiary alicyclic amines) is 1. The van der Waals surface area contributed by atoms with Crippen LogP contribution in [0.3, 0.4) is 0 Å². The van der Waals surface area contributed by atoms with Crippen LogP contribution in [0.15, 0.2) is 36.4 Å². The number of hydrogen-bond donors (Lipinski definition) is 0. The van der Waals surface area contributed by atoms with E-state index in [4.69, 9.17) is 9.47 Å². The summed E-state index contributed by atoms with van der Waals surface area (Å²) >= 11 is 0. The molecule has 1 atom stereocenters. The predicted octanol–water partition coefficient (Wildman–Crippen LogP) is 4.30. The van der Waals surface area contributed by atoms with E-state index in [-0.39, 0.29) is 11.9 Å². The highest BCUT2D eigenvalue weighted by Gasteiger charge is 2.31. The van der Waals surface area contributed by atoms with Gasteiger partial charge in [-0.2, -0.15) is 0 Å². The first-order valence-electron chi connectivity index (χ1n) is 8.65. The maximum atomic E-state index is 13.1. The number of hydrogen-bond acceptors (Lipinski definition) is 3. The summed E-state index contributed by atoms with van der Waals surface area (Å²) in [6.45, 7) is 4.83. The predicted molar refractivity (Wildman–Crippen MR) is 98.5 cm³/mol. The number of aryl methyl sites for hydroxylation is 2. The van der Waals surface area contributed by atoms with Crippen molar-refractivity contribution in [3.63, 3.8) is 0 Å². The Kier molecular flexibility index (Phi) is 4.98. The lowest BCUT2D eigenvalue weighted by atomic mass is 10.0. The highest BCUT2D eigenvalue weighted by atomic mass is 16.5. The molecule has 0 bridgehead atoms. The Hall–Kier alpha value is -2.49. The van der Waals surface area contributed by atoms with Crippen LogP contribution in [-0.2, 0) is 0 Å². The monoisotopic (exact) mass is 339 g/mol. The number of carbonyl (C=O) groups is 1. The fourth-order valence-electron chi connectivity index (χ4n) is 3.62. The zero-order valence-corrected chi connectivity index (χ0v) is 15.3. The van der Waals surface area contributed by atoms with Crippen molar-refractivity contribution in [2.75, 3.05) is 20.8 Å². The van der Waals surface area contributed by atoms with Crippen LogP contribution in [0.5, 0.6) is 11.5 Å². The molecular weight excluding hydrogens is 314 g/mol. The third kappa shape index (κ3) is 3.34. The zero-order chi connectivity index (χ0) is 18.0. The van der Waals surface area contributed by atoms with Gasteiger partial charge >= 0.3 is 0 Å². The highest BCUT2D eigenvalue weighted by molar-refractivity contribution is 5.96. The Morgan fingerprint density at radius 3 is 2.48 bits per heavy atom. The van der Waals surface area contributed by atoms with Gasteiger partial charge in [-0.05, 0) is 56.0 Å². The van der Waals surface area contributed by atoms with Crippen molar-refractivity contribution in [3.05, 3.63) is 58.7 Å². The standard InChI is InChI=1S/C21H25NO3/c1-14-7-9-17(15(2)12-14)21(23)22-11-5-6-18(22)16-8-10-19(24-3)20(13-16)25-4/h7-10,12-13,18H,5-6,11H2,1-4H3. The van der Waals surface area contributed by atoms with Crippen molar-refractivity contribution >= 4 is 5.91 Å². The third-order valence-electron chi connectivity index (χ3n) is 4.92. The molecule has 2 aromatic rings. The van der Waals surface area contributed by atoms with Crippen LogP contribution in [0.1, 0.15) is 45.9 Å². The molecule has 0 radical (unpaired) electrons. The zero-order valence-electron chi connectivity index (χ0n) is 15.3. The van der Waals surface area contributed by atoms with E-state index in [0.717, 1.165) is 36.1 Å². The molecule has 1 saturated heterocycles. The summed E-state index contributed by atoms with van der Waals surface area (Å²) in [4.78, 5) is 15.1. The molecule has 3 rings (SSSR count). The van der Waals surface area contributed by atoms with Crippen molar-refractivity contribution in [1.82, 2.24) is 4.90 Å². The number of benzene rings is 2. The van der Waals surface area contributed by atoms with Gasteiger partial charge in [0.15, 0.2) is 11.5 Å². The number of methoxy groups -OCH3 is 2. The molecule has 0 spiro atoms. The fourth-order valence-corrected chi connectivity index (χ4v) is 3.62. The minimum absolute atomic E-state index is 0.0769. The second-order valence-corrected chi connectivity index (χ2v) is 6.59. The van der Waals surface area contributed by atoms with Crippen molar-refractivity contribution in [1.29, 1.82) is 0 Å². The van der Waals surface area contributed by atoms with Crippen molar-refractivity contribution < 1.29 is 14.3 Å². The van der Waals surface area contributed by atoms with E-state index < -0.39 is 0 Å². The van der Waals surface area contributed by atoms with E-state index >= 15 is 0 Å². The van der Waals surface area contributed by atoms with Crippen LogP contribution in [-0.4, -0.2) is 31.6 Å². The average molecular weight is 339 g/mol. The lowest BCUT2D eigenvalue weighted by molar-refractivity contribution is 0.0734. The van der Waals surface area contributed by atoms with Crippen LogP contribution < -0.4 is 9.47 Å². The maximum Gasteiger partial charge on any atom is 0.254 e. The Morgan fingerprint density at radius 1 is 1.04 bits per heavy atom. The minimum Gasteiger partial charge on any atom is -0.493 e. The van der Waals surface area contributed by atoms with E-state index in [1.54, 1.807) is 14.2 Å². The van der Waals surface area contributed by atoms with Crippen molar-refractivity contribution in [3.8, 4) is 11.5 Å². The van der Waals surface area contributed by atoms with E-state index in [9.17, 15) is 4.79 Å². The van der Waals surface area contributed by atoms with Crippen LogP contribution in [0.4, 0.5) is 0 Å². The van der Waals surface area contributed by atoms with Crippen molar-refractivity contribution in [2.45, 2.75) is 32.7 Å².